The molecular weight excluding hydrogens is 385 g/mol. The summed E-state index contributed by atoms with van der Waals surface area (Å²) >= 11 is 1.58. The number of fused-ring (bicyclic) bond motifs is 1. The van der Waals surface area contributed by atoms with E-state index < -0.39 is 0 Å². The highest BCUT2D eigenvalue weighted by molar-refractivity contribution is 7.14. The number of aryl methyl sites for hydroxylation is 2. The van der Waals surface area contributed by atoms with Crippen molar-refractivity contribution in [1.29, 1.82) is 0 Å². The second-order valence-electron chi connectivity index (χ2n) is 7.91. The lowest BCUT2D eigenvalue weighted by atomic mass is 10.2. The summed E-state index contributed by atoms with van der Waals surface area (Å²) in [5.74, 6) is 0.938. The maximum absolute atomic E-state index is 13.8. The van der Waals surface area contributed by atoms with Gasteiger partial charge in [0, 0.05) is 18.0 Å². The molecule has 1 amide bonds. The van der Waals surface area contributed by atoms with Crippen molar-refractivity contribution in [3.8, 4) is 0 Å². The Morgan fingerprint density at radius 3 is 2.69 bits per heavy atom. The zero-order valence-corrected chi connectivity index (χ0v) is 18.6. The molecule has 3 aromatic rings. The van der Waals surface area contributed by atoms with Gasteiger partial charge < -0.3 is 9.47 Å². The fourth-order valence-electron chi connectivity index (χ4n) is 3.60. The van der Waals surface area contributed by atoms with E-state index in [0.29, 0.717) is 19.0 Å². The number of nitrogens with zero attached hydrogens (tertiary/aromatic N) is 3. The van der Waals surface area contributed by atoms with E-state index in [1.807, 2.05) is 11.0 Å². The van der Waals surface area contributed by atoms with E-state index in [0.717, 1.165) is 47.5 Å². The minimum Gasteiger partial charge on any atom is -0.330 e. The van der Waals surface area contributed by atoms with E-state index in [4.69, 9.17) is 4.98 Å². The highest BCUT2D eigenvalue weighted by atomic mass is 32.1. The van der Waals surface area contributed by atoms with Gasteiger partial charge in [-0.25, -0.2) is 9.37 Å². The highest BCUT2D eigenvalue weighted by Crippen LogP contribution is 2.23. The van der Waals surface area contributed by atoms with E-state index in [1.165, 1.54) is 17.0 Å². The Labute approximate surface area is 176 Å². The molecule has 0 aliphatic heterocycles. The Morgan fingerprint density at radius 1 is 1.21 bits per heavy atom. The van der Waals surface area contributed by atoms with Crippen molar-refractivity contribution < 1.29 is 9.18 Å². The molecule has 156 valence electrons. The molecule has 0 N–H and O–H groups in total. The van der Waals surface area contributed by atoms with Gasteiger partial charge in [-0.2, -0.15) is 0 Å². The number of hydrogen-bond donors (Lipinski definition) is 0. The minimum atomic E-state index is -0.265. The van der Waals surface area contributed by atoms with Gasteiger partial charge in [-0.15, -0.1) is 11.3 Å². The van der Waals surface area contributed by atoms with E-state index in [9.17, 15) is 9.18 Å². The predicted octanol–water partition coefficient (Wildman–Crippen LogP) is 5.90. The summed E-state index contributed by atoms with van der Waals surface area (Å²) in [7, 11) is 0. The monoisotopic (exact) mass is 415 g/mol. The summed E-state index contributed by atoms with van der Waals surface area (Å²) < 4.78 is 15.9. The molecule has 6 heteroatoms. The van der Waals surface area contributed by atoms with Crippen LogP contribution in [-0.2, 0) is 19.5 Å². The Bertz CT molecular complexity index is 976. The van der Waals surface area contributed by atoms with Gasteiger partial charge in [0.1, 0.15) is 11.6 Å². The molecule has 0 radical (unpaired) electrons. The molecule has 3 rings (SSSR count). The summed E-state index contributed by atoms with van der Waals surface area (Å²) in [6, 6.07) is 8.69. The molecule has 0 fully saturated rings. The second-order valence-corrected chi connectivity index (χ2v) is 9.08. The van der Waals surface area contributed by atoms with Gasteiger partial charge in [0.25, 0.3) is 5.91 Å². The van der Waals surface area contributed by atoms with E-state index >= 15 is 0 Å². The van der Waals surface area contributed by atoms with Crippen LogP contribution in [0.4, 0.5) is 4.39 Å². The third kappa shape index (κ3) is 5.04. The van der Waals surface area contributed by atoms with E-state index in [1.54, 1.807) is 17.4 Å². The number of aromatic nitrogens is 2. The van der Waals surface area contributed by atoms with Gasteiger partial charge in [-0.05, 0) is 49.1 Å². The molecule has 4 nitrogen and oxygen atoms in total. The number of imidazole rings is 1. The minimum absolute atomic E-state index is 0.0485. The maximum atomic E-state index is 13.8. The lowest BCUT2D eigenvalue weighted by Gasteiger charge is -2.24. The third-order valence-corrected chi connectivity index (χ3v) is 5.94. The van der Waals surface area contributed by atoms with Crippen molar-refractivity contribution >= 4 is 28.3 Å². The van der Waals surface area contributed by atoms with Crippen molar-refractivity contribution in [1.82, 2.24) is 14.5 Å². The second kappa shape index (κ2) is 9.53. The molecule has 0 saturated carbocycles. The van der Waals surface area contributed by atoms with Gasteiger partial charge >= 0.3 is 0 Å². The summed E-state index contributed by atoms with van der Waals surface area (Å²) in [4.78, 5) is 21.9. The Kier molecular flexibility index (Phi) is 7.06. The Balaban J connectivity index is 1.93. The first-order valence-electron chi connectivity index (χ1n) is 10.5. The molecular formula is C23H30FN3OS. The molecule has 1 aromatic carbocycles. The quantitative estimate of drug-likeness (QED) is 0.436. The zero-order chi connectivity index (χ0) is 21.0. The van der Waals surface area contributed by atoms with Crippen LogP contribution < -0.4 is 0 Å². The summed E-state index contributed by atoms with van der Waals surface area (Å²) in [6.45, 7) is 10.3. The average molecular weight is 416 g/mol. The number of amides is 1. The Morgan fingerprint density at radius 2 is 2.00 bits per heavy atom. The molecule has 0 saturated heterocycles. The van der Waals surface area contributed by atoms with Crippen molar-refractivity contribution in [3.05, 3.63) is 51.7 Å². The van der Waals surface area contributed by atoms with Crippen molar-refractivity contribution in [2.45, 2.75) is 60.0 Å². The number of carbonyl (C=O) groups excluding carboxylic acids is 1. The van der Waals surface area contributed by atoms with Crippen LogP contribution in [0.5, 0.6) is 0 Å². The van der Waals surface area contributed by atoms with Gasteiger partial charge in [0.15, 0.2) is 0 Å². The van der Waals surface area contributed by atoms with Crippen molar-refractivity contribution in [2.24, 2.45) is 5.92 Å². The normalized spacial score (nSPS) is 11.5. The number of halogens is 1. The zero-order valence-electron chi connectivity index (χ0n) is 17.7. The molecule has 29 heavy (non-hydrogen) atoms. The maximum Gasteiger partial charge on any atom is 0.264 e. The van der Waals surface area contributed by atoms with Crippen LogP contribution in [0.1, 0.15) is 60.9 Å². The van der Waals surface area contributed by atoms with Crippen molar-refractivity contribution in [3.63, 3.8) is 0 Å². The molecule has 0 atom stereocenters. The first-order valence-corrected chi connectivity index (χ1v) is 11.3. The van der Waals surface area contributed by atoms with Crippen LogP contribution in [0.25, 0.3) is 11.0 Å². The number of hydrogen-bond acceptors (Lipinski definition) is 3. The summed E-state index contributed by atoms with van der Waals surface area (Å²) in [5.41, 5.74) is 1.56. The lowest BCUT2D eigenvalue weighted by molar-refractivity contribution is 0.0721. The van der Waals surface area contributed by atoms with E-state index in [2.05, 4.69) is 38.3 Å². The lowest BCUT2D eigenvalue weighted by Crippen LogP contribution is -2.34. The van der Waals surface area contributed by atoms with E-state index in [-0.39, 0.29) is 11.7 Å². The van der Waals surface area contributed by atoms with Gasteiger partial charge in [-0.1, -0.05) is 34.1 Å². The fraction of sp³-hybridized carbons (Fsp3) is 0.478. The average Bonchev–Trinajstić information content (AvgIpc) is 3.26. The number of rotatable bonds is 9. The topological polar surface area (TPSA) is 38.1 Å². The first-order chi connectivity index (χ1) is 13.9. The largest absolute Gasteiger partial charge is 0.330 e. The predicted molar refractivity (Wildman–Crippen MR) is 118 cm³/mol. The van der Waals surface area contributed by atoms with Crippen LogP contribution in [-0.4, -0.2) is 26.9 Å². The van der Waals surface area contributed by atoms with Crippen LogP contribution in [0, 0.1) is 11.7 Å². The summed E-state index contributed by atoms with van der Waals surface area (Å²) in [6.07, 6.45) is 2.99. The first kappa shape index (κ1) is 21.5. The standard InChI is InChI=1S/C23H30FN3OS/c1-5-7-18-9-11-21(29-18)23(28)26(14-16(3)4)15-22-25-19-10-8-17(24)13-20(19)27(22)12-6-2/h8-11,13,16H,5-7,12,14-15H2,1-4H3. The summed E-state index contributed by atoms with van der Waals surface area (Å²) in [5, 5.41) is 0. The van der Waals surface area contributed by atoms with Gasteiger partial charge in [-0.3, -0.25) is 4.79 Å². The SMILES string of the molecule is CCCc1ccc(C(=O)N(Cc2nc3ccc(F)cc3n2CCC)CC(C)C)s1. The van der Waals surface area contributed by atoms with Gasteiger partial charge in [0.05, 0.1) is 22.5 Å². The van der Waals surface area contributed by atoms with Crippen LogP contribution in [0.15, 0.2) is 30.3 Å². The third-order valence-electron chi connectivity index (χ3n) is 4.81. The molecule has 0 aliphatic rings. The number of thiophene rings is 1. The highest BCUT2D eigenvalue weighted by Gasteiger charge is 2.22. The molecule has 2 aromatic heterocycles. The fourth-order valence-corrected chi connectivity index (χ4v) is 4.68. The van der Waals surface area contributed by atoms with Crippen LogP contribution >= 0.6 is 11.3 Å². The smallest absolute Gasteiger partial charge is 0.264 e. The molecule has 0 unspecified atom stereocenters. The Hall–Kier alpha value is -2.21. The number of carbonyl (C=O) groups is 1. The van der Waals surface area contributed by atoms with Crippen LogP contribution in [0.2, 0.25) is 0 Å². The molecule has 0 aliphatic carbocycles. The van der Waals surface area contributed by atoms with Crippen molar-refractivity contribution in [2.75, 3.05) is 6.54 Å². The van der Waals surface area contributed by atoms with Gasteiger partial charge in [0.2, 0.25) is 0 Å². The molecule has 0 bridgehead atoms. The molecule has 2 heterocycles. The number of benzene rings is 1. The molecule has 0 spiro atoms. The van der Waals surface area contributed by atoms with Crippen LogP contribution in [0.3, 0.4) is 0 Å².